The van der Waals surface area contributed by atoms with E-state index >= 15 is 0 Å². The summed E-state index contributed by atoms with van der Waals surface area (Å²) in [6, 6.07) is -3.27. The van der Waals surface area contributed by atoms with Crippen LogP contribution in [-0.4, -0.2) is 97.3 Å². The van der Waals surface area contributed by atoms with Gasteiger partial charge in [0, 0.05) is 0 Å². The van der Waals surface area contributed by atoms with Gasteiger partial charge in [-0.3, -0.25) is 24.0 Å². The van der Waals surface area contributed by atoms with Crippen LogP contribution in [0.25, 0.3) is 0 Å². The Hall–Kier alpha value is -2.89. The summed E-state index contributed by atoms with van der Waals surface area (Å²) >= 11 is 0. The van der Waals surface area contributed by atoms with E-state index in [1.54, 1.807) is 0 Å². The SMILES string of the molecule is CC(C)CC(N)C(=O)O.CC(C)CC(N)C(=O)O.CC(N)C(=O)O.CC(O)C(N)C(=O)O.NCC(=O)O. The standard InChI is InChI=1S/2C6H13NO2.C4H9NO3.C3H7NO2.C2H5NO2/c2*1-4(2)3-5(7)6(8)9;1-2(6)3(5)4(7)8;1-2(4)3(5)6;3-1-2(4)5/h2*4-5H,3,7H2,1-2H3,(H,8,9);2-3,6H,5H2,1H3,(H,7,8);2H,4H2,1H3,(H,5,6);1,3H2,(H,4,5). The van der Waals surface area contributed by atoms with Crippen molar-refractivity contribution in [2.75, 3.05) is 6.54 Å². The van der Waals surface area contributed by atoms with Gasteiger partial charge in [0.05, 0.1) is 12.6 Å². The fraction of sp³-hybridized carbons (Fsp3) is 0.762. The van der Waals surface area contributed by atoms with Crippen LogP contribution in [-0.2, 0) is 24.0 Å². The number of aliphatic hydroxyl groups is 1. The van der Waals surface area contributed by atoms with Gasteiger partial charge >= 0.3 is 29.8 Å². The fourth-order valence-electron chi connectivity index (χ4n) is 1.42. The van der Waals surface area contributed by atoms with Crippen molar-refractivity contribution < 1.29 is 54.6 Å². The lowest BCUT2D eigenvalue weighted by atomic mass is 10.1. The number of nitrogens with two attached hydrogens (primary N) is 5. The molecule has 16 heteroatoms. The fourth-order valence-corrected chi connectivity index (χ4v) is 1.42. The van der Waals surface area contributed by atoms with Crippen LogP contribution < -0.4 is 28.7 Å². The molecule has 37 heavy (non-hydrogen) atoms. The summed E-state index contributed by atoms with van der Waals surface area (Å²) in [4.78, 5) is 48.9. The summed E-state index contributed by atoms with van der Waals surface area (Å²) in [6.45, 7) is 10.3. The van der Waals surface area contributed by atoms with Crippen LogP contribution in [0.15, 0.2) is 0 Å². The molecule has 0 saturated carbocycles. The third-order valence-corrected chi connectivity index (χ3v) is 3.45. The van der Waals surface area contributed by atoms with Crippen molar-refractivity contribution in [2.24, 2.45) is 40.5 Å². The molecule has 0 aliphatic carbocycles. The van der Waals surface area contributed by atoms with Crippen molar-refractivity contribution in [3.63, 3.8) is 0 Å². The van der Waals surface area contributed by atoms with E-state index in [0.29, 0.717) is 24.7 Å². The van der Waals surface area contributed by atoms with Gasteiger partial charge in [-0.15, -0.1) is 0 Å². The van der Waals surface area contributed by atoms with E-state index in [1.807, 2.05) is 27.7 Å². The summed E-state index contributed by atoms with van der Waals surface area (Å²) in [5, 5.41) is 48.6. The van der Waals surface area contributed by atoms with Crippen LogP contribution in [0.2, 0.25) is 0 Å². The largest absolute Gasteiger partial charge is 0.480 e. The average molecular weight is 546 g/mol. The smallest absolute Gasteiger partial charge is 0.323 e. The zero-order valence-corrected chi connectivity index (χ0v) is 22.3. The number of aliphatic hydroxyl groups excluding tert-OH is 1. The zero-order chi connectivity index (χ0) is 31.0. The van der Waals surface area contributed by atoms with Gasteiger partial charge in [0.2, 0.25) is 0 Å². The number of carbonyl (C=O) groups is 5. The van der Waals surface area contributed by atoms with Gasteiger partial charge in [0.25, 0.3) is 0 Å². The first-order valence-corrected chi connectivity index (χ1v) is 11.1. The molecule has 0 heterocycles. The van der Waals surface area contributed by atoms with Crippen molar-refractivity contribution in [2.45, 2.75) is 84.7 Å². The van der Waals surface area contributed by atoms with E-state index < -0.39 is 60.1 Å². The molecule has 0 bridgehead atoms. The molecule has 16 nitrogen and oxygen atoms in total. The zero-order valence-electron chi connectivity index (χ0n) is 22.3. The summed E-state index contributed by atoms with van der Waals surface area (Å²) in [5.74, 6) is -4.22. The molecule has 222 valence electrons. The van der Waals surface area contributed by atoms with Crippen LogP contribution >= 0.6 is 0 Å². The molecule has 0 aromatic rings. The molecule has 5 atom stereocenters. The highest BCUT2D eigenvalue weighted by molar-refractivity contribution is 5.74. The second kappa shape index (κ2) is 26.2. The average Bonchev–Trinajstić information content (AvgIpc) is 2.73. The first-order valence-electron chi connectivity index (χ1n) is 11.1. The molecule has 0 saturated heterocycles. The molecule has 16 N–H and O–H groups in total. The Balaban J connectivity index is -0.000000117. The van der Waals surface area contributed by atoms with Gasteiger partial charge in [-0.1, -0.05) is 27.7 Å². The van der Waals surface area contributed by atoms with E-state index in [0.717, 1.165) is 0 Å². The Kier molecular flexibility index (Phi) is 31.2. The molecule has 0 aromatic carbocycles. The summed E-state index contributed by atoms with van der Waals surface area (Å²) in [6.07, 6.45) is 0.123. The van der Waals surface area contributed by atoms with Crippen molar-refractivity contribution in [3.05, 3.63) is 0 Å². The molecule has 0 spiro atoms. The highest BCUT2D eigenvalue weighted by Crippen LogP contribution is 2.02. The monoisotopic (exact) mass is 545 g/mol. The first-order chi connectivity index (χ1) is 16.5. The minimum Gasteiger partial charge on any atom is -0.480 e. The maximum absolute atomic E-state index is 10.1. The van der Waals surface area contributed by atoms with Crippen LogP contribution in [0.1, 0.15) is 54.4 Å². The summed E-state index contributed by atoms with van der Waals surface area (Å²) in [7, 11) is 0. The summed E-state index contributed by atoms with van der Waals surface area (Å²) < 4.78 is 0. The molecule has 0 amide bonds. The third kappa shape index (κ3) is 43.6. The Morgan fingerprint density at radius 1 is 0.595 bits per heavy atom. The maximum atomic E-state index is 10.1. The van der Waals surface area contributed by atoms with Crippen LogP contribution in [0.5, 0.6) is 0 Å². The quantitative estimate of drug-likeness (QED) is 0.143. The van der Waals surface area contributed by atoms with Crippen molar-refractivity contribution in [1.82, 2.24) is 0 Å². The van der Waals surface area contributed by atoms with Crippen molar-refractivity contribution in [3.8, 4) is 0 Å². The predicted molar refractivity (Wildman–Crippen MR) is 135 cm³/mol. The minimum absolute atomic E-state index is 0.278. The predicted octanol–water partition coefficient (Wildman–Crippen LogP) is -1.88. The second-order valence-corrected chi connectivity index (χ2v) is 8.48. The van der Waals surface area contributed by atoms with Gasteiger partial charge in [-0.25, -0.2) is 0 Å². The maximum Gasteiger partial charge on any atom is 0.323 e. The number of carboxylic acids is 5. The number of rotatable bonds is 10. The van der Waals surface area contributed by atoms with Crippen LogP contribution in [0, 0.1) is 11.8 Å². The molecule has 0 rings (SSSR count). The Morgan fingerprint density at radius 3 is 0.865 bits per heavy atom. The number of aliphatic carboxylic acids is 5. The second-order valence-electron chi connectivity index (χ2n) is 8.48. The normalized spacial score (nSPS) is 13.7. The van der Waals surface area contributed by atoms with E-state index in [4.69, 9.17) is 53.6 Å². The van der Waals surface area contributed by atoms with Gasteiger partial charge in [0.1, 0.15) is 24.2 Å². The van der Waals surface area contributed by atoms with Crippen LogP contribution in [0.3, 0.4) is 0 Å². The van der Waals surface area contributed by atoms with Gasteiger partial charge in [-0.05, 0) is 38.5 Å². The number of hydrogen-bond donors (Lipinski definition) is 11. The van der Waals surface area contributed by atoms with Crippen LogP contribution in [0.4, 0.5) is 0 Å². The molecule has 0 radical (unpaired) electrons. The Bertz CT molecular complexity index is 618. The van der Waals surface area contributed by atoms with Gasteiger partial charge in [-0.2, -0.15) is 0 Å². The van der Waals surface area contributed by atoms with Gasteiger partial charge < -0.3 is 59.3 Å². The molecule has 0 aliphatic rings. The lowest BCUT2D eigenvalue weighted by Gasteiger charge is -2.07. The Morgan fingerprint density at radius 2 is 0.838 bits per heavy atom. The Labute approximate surface area is 216 Å². The third-order valence-electron chi connectivity index (χ3n) is 3.45. The van der Waals surface area contributed by atoms with E-state index in [-0.39, 0.29) is 6.54 Å². The van der Waals surface area contributed by atoms with Crippen molar-refractivity contribution in [1.29, 1.82) is 0 Å². The molecule has 0 fully saturated rings. The lowest BCUT2D eigenvalue weighted by Crippen LogP contribution is -2.39. The molecule has 0 aromatic heterocycles. The molecule has 5 unspecified atom stereocenters. The lowest BCUT2D eigenvalue weighted by molar-refractivity contribution is -0.141. The number of hydrogen-bond acceptors (Lipinski definition) is 11. The molecular formula is C21H47N5O11. The summed E-state index contributed by atoms with van der Waals surface area (Å²) in [5.41, 5.74) is 24.8. The first kappa shape index (κ1) is 44.1. The van der Waals surface area contributed by atoms with E-state index in [2.05, 4.69) is 5.73 Å². The molecule has 0 aliphatic heterocycles. The number of carboxylic acid groups (broad SMARTS) is 5. The minimum atomic E-state index is -1.18. The van der Waals surface area contributed by atoms with Gasteiger partial charge in [0.15, 0.2) is 0 Å². The molecular weight excluding hydrogens is 498 g/mol. The van der Waals surface area contributed by atoms with E-state index in [9.17, 15) is 24.0 Å². The van der Waals surface area contributed by atoms with Crippen molar-refractivity contribution >= 4 is 29.8 Å². The highest BCUT2D eigenvalue weighted by atomic mass is 16.4. The topological polar surface area (TPSA) is 337 Å². The van der Waals surface area contributed by atoms with E-state index in [1.165, 1.54) is 13.8 Å². The highest BCUT2D eigenvalue weighted by Gasteiger charge is 2.16.